The zero-order chi connectivity index (χ0) is 21.0. The molecule has 0 aromatic carbocycles. The van der Waals surface area contributed by atoms with Crippen LogP contribution in [0.4, 0.5) is 17.3 Å². The van der Waals surface area contributed by atoms with Crippen LogP contribution in [0, 0.1) is 0 Å². The molecule has 12 nitrogen and oxygen atoms in total. The van der Waals surface area contributed by atoms with Gasteiger partial charge in [-0.2, -0.15) is 4.98 Å². The molecule has 2 radical (unpaired) electrons. The van der Waals surface area contributed by atoms with Crippen molar-refractivity contribution in [2.75, 3.05) is 48.7 Å². The van der Waals surface area contributed by atoms with Crippen molar-refractivity contribution in [2.24, 2.45) is 5.73 Å². The van der Waals surface area contributed by atoms with E-state index in [1.807, 2.05) is 4.90 Å². The lowest BCUT2D eigenvalue weighted by Gasteiger charge is -2.36. The summed E-state index contributed by atoms with van der Waals surface area (Å²) < 4.78 is 0. The van der Waals surface area contributed by atoms with Crippen LogP contribution in [0.3, 0.4) is 0 Å². The van der Waals surface area contributed by atoms with Crippen molar-refractivity contribution in [3.8, 4) is 0 Å². The Morgan fingerprint density at radius 1 is 1.21 bits per heavy atom. The SMILES string of the molecule is [B]c1cnc(N)c(C(=O)Nc2[nH]c(=O)ncc2N2CCN(C(=O)CCN)CC2)n1. The lowest BCUT2D eigenvalue weighted by Crippen LogP contribution is -2.49. The molecular formula is C16H20BN9O3. The number of aromatic nitrogens is 4. The standard InChI is InChI=1S/C16H20BN9O3/c17-10-8-20-13(19)12(22-10)15(28)23-14-9(7-21-16(29)24-14)25-3-5-26(6-4-25)11(27)1-2-18/h7-8H,1-6,18H2,(H2,19,20)(H2,21,23,24,28,29). The number of nitrogen functional groups attached to an aromatic ring is 1. The molecular weight excluding hydrogens is 377 g/mol. The second-order valence-corrected chi connectivity index (χ2v) is 6.34. The average molecular weight is 397 g/mol. The van der Waals surface area contributed by atoms with Crippen molar-refractivity contribution >= 4 is 42.6 Å². The van der Waals surface area contributed by atoms with Crippen LogP contribution in [-0.4, -0.2) is 77.2 Å². The Hall–Kier alpha value is -3.48. The molecule has 6 N–H and O–H groups in total. The van der Waals surface area contributed by atoms with Crippen molar-refractivity contribution in [1.29, 1.82) is 0 Å². The third-order valence-corrected chi connectivity index (χ3v) is 4.40. The van der Waals surface area contributed by atoms with Gasteiger partial charge in [-0.05, 0) is 0 Å². The van der Waals surface area contributed by atoms with E-state index in [0.29, 0.717) is 44.8 Å². The first kappa shape index (κ1) is 20.3. The van der Waals surface area contributed by atoms with E-state index in [9.17, 15) is 14.4 Å². The summed E-state index contributed by atoms with van der Waals surface area (Å²) in [6.07, 6.45) is 2.89. The number of amides is 2. The topological polar surface area (TPSA) is 176 Å². The van der Waals surface area contributed by atoms with Gasteiger partial charge in [0.15, 0.2) is 11.5 Å². The fraction of sp³-hybridized carbons (Fsp3) is 0.375. The van der Waals surface area contributed by atoms with E-state index in [2.05, 4.69) is 25.3 Å². The molecule has 29 heavy (non-hydrogen) atoms. The fourth-order valence-corrected chi connectivity index (χ4v) is 2.95. The molecule has 13 heteroatoms. The fourth-order valence-electron chi connectivity index (χ4n) is 2.95. The van der Waals surface area contributed by atoms with Crippen LogP contribution in [0.15, 0.2) is 17.2 Å². The van der Waals surface area contributed by atoms with Gasteiger partial charge < -0.3 is 26.6 Å². The van der Waals surface area contributed by atoms with E-state index in [1.165, 1.54) is 12.4 Å². The number of aromatic amines is 1. The summed E-state index contributed by atoms with van der Waals surface area (Å²) in [5.74, 6) is -0.639. The molecule has 0 unspecified atom stereocenters. The number of H-pyrrole nitrogens is 1. The zero-order valence-corrected chi connectivity index (χ0v) is 15.6. The number of nitrogens with zero attached hydrogens (tertiary/aromatic N) is 5. The molecule has 0 spiro atoms. The van der Waals surface area contributed by atoms with Crippen molar-refractivity contribution in [3.63, 3.8) is 0 Å². The monoisotopic (exact) mass is 397 g/mol. The van der Waals surface area contributed by atoms with Crippen LogP contribution in [0.5, 0.6) is 0 Å². The highest BCUT2D eigenvalue weighted by atomic mass is 16.2. The van der Waals surface area contributed by atoms with Gasteiger partial charge in [0, 0.05) is 50.9 Å². The minimum atomic E-state index is -0.679. The van der Waals surface area contributed by atoms with Crippen LogP contribution in [0.25, 0.3) is 0 Å². The number of rotatable bonds is 5. The highest BCUT2D eigenvalue weighted by molar-refractivity contribution is 6.30. The third-order valence-electron chi connectivity index (χ3n) is 4.40. The summed E-state index contributed by atoms with van der Waals surface area (Å²) in [5.41, 5.74) is 10.9. The summed E-state index contributed by atoms with van der Waals surface area (Å²) in [6.45, 7) is 2.26. The van der Waals surface area contributed by atoms with Gasteiger partial charge in [-0.1, -0.05) is 0 Å². The predicted octanol–water partition coefficient (Wildman–Crippen LogP) is -2.81. The summed E-state index contributed by atoms with van der Waals surface area (Å²) >= 11 is 0. The molecule has 2 amide bonds. The smallest absolute Gasteiger partial charge is 0.346 e. The maximum atomic E-state index is 12.6. The van der Waals surface area contributed by atoms with Crippen LogP contribution in [0.2, 0.25) is 0 Å². The highest BCUT2D eigenvalue weighted by Crippen LogP contribution is 2.23. The van der Waals surface area contributed by atoms with Crippen molar-refractivity contribution < 1.29 is 9.59 Å². The second-order valence-electron chi connectivity index (χ2n) is 6.34. The first-order valence-corrected chi connectivity index (χ1v) is 8.90. The van der Waals surface area contributed by atoms with E-state index in [4.69, 9.17) is 19.3 Å². The molecule has 150 valence electrons. The number of hydrogen-bond donors (Lipinski definition) is 4. The van der Waals surface area contributed by atoms with Crippen LogP contribution >= 0.6 is 0 Å². The first-order valence-electron chi connectivity index (χ1n) is 8.90. The quantitative estimate of drug-likeness (QED) is 0.388. The van der Waals surface area contributed by atoms with Gasteiger partial charge in [-0.25, -0.2) is 9.78 Å². The Bertz CT molecular complexity index is 972. The van der Waals surface area contributed by atoms with Gasteiger partial charge >= 0.3 is 5.69 Å². The van der Waals surface area contributed by atoms with Gasteiger partial charge in [-0.3, -0.25) is 19.6 Å². The van der Waals surface area contributed by atoms with Gasteiger partial charge in [0.2, 0.25) is 5.91 Å². The molecule has 0 bridgehead atoms. The molecule has 1 aliphatic rings. The minimum Gasteiger partial charge on any atom is -0.382 e. The molecule has 0 aliphatic carbocycles. The molecule has 0 atom stereocenters. The minimum absolute atomic E-state index is 0.00372. The summed E-state index contributed by atoms with van der Waals surface area (Å²) in [5, 5.41) is 2.58. The van der Waals surface area contributed by atoms with E-state index in [1.54, 1.807) is 4.90 Å². The molecule has 0 saturated carbocycles. The molecule has 1 fully saturated rings. The Labute approximate surface area is 167 Å². The van der Waals surface area contributed by atoms with Crippen molar-refractivity contribution in [1.82, 2.24) is 24.8 Å². The summed E-state index contributed by atoms with van der Waals surface area (Å²) in [4.78, 5) is 53.8. The van der Waals surface area contributed by atoms with Crippen LogP contribution in [-0.2, 0) is 4.79 Å². The second kappa shape index (κ2) is 8.69. The Morgan fingerprint density at radius 3 is 2.62 bits per heavy atom. The van der Waals surface area contributed by atoms with Gasteiger partial charge in [0.05, 0.1) is 11.9 Å². The average Bonchev–Trinajstić information content (AvgIpc) is 2.70. The first-order chi connectivity index (χ1) is 13.9. The molecule has 1 aliphatic heterocycles. The number of anilines is 3. The summed E-state index contributed by atoms with van der Waals surface area (Å²) in [6, 6.07) is 0. The molecule has 2 aromatic heterocycles. The van der Waals surface area contributed by atoms with Crippen molar-refractivity contribution in [3.05, 3.63) is 28.6 Å². The Kier molecular flexibility index (Phi) is 6.07. The maximum Gasteiger partial charge on any atom is 0.346 e. The summed E-state index contributed by atoms with van der Waals surface area (Å²) in [7, 11) is 5.56. The largest absolute Gasteiger partial charge is 0.382 e. The highest BCUT2D eigenvalue weighted by Gasteiger charge is 2.24. The lowest BCUT2D eigenvalue weighted by atomic mass is 10.1. The number of carbonyl (C=O) groups excluding carboxylic acids is 2. The number of hydrogen-bond acceptors (Lipinski definition) is 9. The van der Waals surface area contributed by atoms with Crippen molar-refractivity contribution in [2.45, 2.75) is 6.42 Å². The van der Waals surface area contributed by atoms with Gasteiger partial charge in [-0.15, -0.1) is 0 Å². The zero-order valence-electron chi connectivity index (χ0n) is 15.6. The lowest BCUT2D eigenvalue weighted by molar-refractivity contribution is -0.131. The van der Waals surface area contributed by atoms with Crippen LogP contribution in [0.1, 0.15) is 16.9 Å². The normalized spacial score (nSPS) is 14.0. The van der Waals surface area contributed by atoms with Gasteiger partial charge in [0.1, 0.15) is 13.7 Å². The molecule has 3 rings (SSSR count). The number of nitrogens with one attached hydrogen (secondary N) is 2. The number of nitrogens with two attached hydrogens (primary N) is 2. The molecule has 2 aromatic rings. The van der Waals surface area contributed by atoms with E-state index < -0.39 is 11.6 Å². The van der Waals surface area contributed by atoms with E-state index in [0.717, 1.165) is 0 Å². The van der Waals surface area contributed by atoms with E-state index >= 15 is 0 Å². The van der Waals surface area contributed by atoms with E-state index in [-0.39, 0.29) is 28.8 Å². The third kappa shape index (κ3) is 4.69. The van der Waals surface area contributed by atoms with Crippen LogP contribution < -0.4 is 33.0 Å². The Balaban J connectivity index is 1.78. The number of piperazine rings is 1. The molecule has 1 saturated heterocycles. The van der Waals surface area contributed by atoms with Gasteiger partial charge in [0.25, 0.3) is 5.91 Å². The predicted molar refractivity (Wildman–Crippen MR) is 107 cm³/mol. The Morgan fingerprint density at radius 2 is 1.93 bits per heavy atom. The number of carbonyl (C=O) groups is 2. The molecule has 3 heterocycles. The maximum absolute atomic E-state index is 12.6.